The molecule has 5 nitrogen and oxygen atoms in total. The summed E-state index contributed by atoms with van der Waals surface area (Å²) in [6.07, 6.45) is 7.34. The summed E-state index contributed by atoms with van der Waals surface area (Å²) in [5.41, 5.74) is 2.49. The first-order valence-corrected chi connectivity index (χ1v) is 10.2. The van der Waals surface area contributed by atoms with Gasteiger partial charge in [0.15, 0.2) is 0 Å². The molecule has 3 aliphatic rings. The molecule has 2 bridgehead atoms. The third kappa shape index (κ3) is 4.53. The van der Waals surface area contributed by atoms with Gasteiger partial charge in [0, 0.05) is 51.0 Å². The highest BCUT2D eigenvalue weighted by molar-refractivity contribution is 5.77. The third-order valence-electron chi connectivity index (χ3n) is 6.05. The van der Waals surface area contributed by atoms with Crippen LogP contribution in [0.1, 0.15) is 30.4 Å². The molecule has 0 radical (unpaired) electrons. The number of rotatable bonds is 6. The number of piperidine rings is 1. The first-order chi connectivity index (χ1) is 13.7. The van der Waals surface area contributed by atoms with E-state index in [0.717, 1.165) is 44.8 Å². The summed E-state index contributed by atoms with van der Waals surface area (Å²) in [4.78, 5) is 21.7. The van der Waals surface area contributed by atoms with E-state index in [1.165, 1.54) is 17.5 Å². The minimum Gasteiger partial charge on any atom is -0.497 e. The summed E-state index contributed by atoms with van der Waals surface area (Å²) in [7, 11) is 1.70. The number of amides is 1. The van der Waals surface area contributed by atoms with Crippen molar-refractivity contribution < 1.29 is 9.53 Å². The molecule has 3 fully saturated rings. The maximum atomic E-state index is 12.9. The number of nitrogens with zero attached hydrogens (tertiary/aromatic N) is 3. The smallest absolute Gasteiger partial charge is 0.223 e. The number of ether oxygens (including phenoxy) is 1. The van der Waals surface area contributed by atoms with Crippen LogP contribution in [0.4, 0.5) is 0 Å². The van der Waals surface area contributed by atoms with Crippen LogP contribution < -0.4 is 4.74 Å². The van der Waals surface area contributed by atoms with Crippen LogP contribution in [-0.4, -0.2) is 53.5 Å². The standard InChI is InChI=1S/C23H29N3O2/c1-28-22-7-3-19(4-8-22)14-25-15-20-2-6-21(17-25)26(16-20)23(27)9-5-18-10-12-24-13-11-18/h3-4,7-8,10-13,20-21H,2,5-6,9,14-17H2,1H3/t20-,21+/m1/s1. The second kappa shape index (κ2) is 8.74. The Kier molecular flexibility index (Phi) is 5.91. The van der Waals surface area contributed by atoms with Crippen LogP contribution in [0.25, 0.3) is 0 Å². The summed E-state index contributed by atoms with van der Waals surface area (Å²) in [6, 6.07) is 12.7. The van der Waals surface area contributed by atoms with E-state index in [1.807, 2.05) is 24.3 Å². The molecule has 1 aromatic carbocycles. The van der Waals surface area contributed by atoms with Gasteiger partial charge in [-0.25, -0.2) is 0 Å². The summed E-state index contributed by atoms with van der Waals surface area (Å²) < 4.78 is 5.26. The van der Waals surface area contributed by atoms with Gasteiger partial charge in [0.25, 0.3) is 0 Å². The van der Waals surface area contributed by atoms with Crippen LogP contribution >= 0.6 is 0 Å². The predicted octanol–water partition coefficient (Wildman–Crippen LogP) is 3.15. The van der Waals surface area contributed by atoms with E-state index in [9.17, 15) is 4.79 Å². The van der Waals surface area contributed by atoms with Crippen molar-refractivity contribution in [3.8, 4) is 5.75 Å². The zero-order valence-electron chi connectivity index (χ0n) is 16.6. The minimum absolute atomic E-state index is 0.304. The molecular formula is C23H29N3O2. The number of aryl methyl sites for hydroxylation is 1. The normalized spacial score (nSPS) is 22.1. The summed E-state index contributed by atoms with van der Waals surface area (Å²) in [5, 5.41) is 0. The maximum Gasteiger partial charge on any atom is 0.223 e. The number of benzene rings is 1. The van der Waals surface area contributed by atoms with Crippen LogP contribution in [0.3, 0.4) is 0 Å². The molecule has 0 unspecified atom stereocenters. The van der Waals surface area contributed by atoms with Crippen molar-refractivity contribution in [1.29, 1.82) is 0 Å². The number of hydrogen-bond acceptors (Lipinski definition) is 4. The van der Waals surface area contributed by atoms with Gasteiger partial charge in [0.2, 0.25) is 5.91 Å². The van der Waals surface area contributed by atoms with Gasteiger partial charge < -0.3 is 9.64 Å². The average Bonchev–Trinajstić information content (AvgIpc) is 3.04. The Hall–Kier alpha value is -2.40. The van der Waals surface area contributed by atoms with Crippen LogP contribution in [-0.2, 0) is 17.8 Å². The molecule has 28 heavy (non-hydrogen) atoms. The second-order valence-electron chi connectivity index (χ2n) is 8.04. The van der Waals surface area contributed by atoms with Gasteiger partial charge in [0.1, 0.15) is 5.75 Å². The number of aromatic nitrogens is 1. The van der Waals surface area contributed by atoms with E-state index in [4.69, 9.17) is 4.74 Å². The largest absolute Gasteiger partial charge is 0.497 e. The lowest BCUT2D eigenvalue weighted by Crippen LogP contribution is -2.47. The Bertz CT molecular complexity index is 778. The molecule has 0 saturated carbocycles. The fourth-order valence-corrected chi connectivity index (χ4v) is 4.55. The van der Waals surface area contributed by atoms with Crippen LogP contribution in [0.5, 0.6) is 5.75 Å². The highest BCUT2D eigenvalue weighted by Crippen LogP contribution is 2.29. The average molecular weight is 380 g/mol. The molecule has 1 amide bonds. The van der Waals surface area contributed by atoms with Gasteiger partial charge in [0.05, 0.1) is 7.11 Å². The molecule has 2 aromatic rings. The van der Waals surface area contributed by atoms with Crippen molar-refractivity contribution >= 4 is 5.91 Å². The Balaban J connectivity index is 1.36. The predicted molar refractivity (Wildman–Crippen MR) is 109 cm³/mol. The molecule has 0 spiro atoms. The monoisotopic (exact) mass is 379 g/mol. The van der Waals surface area contributed by atoms with Gasteiger partial charge in [-0.1, -0.05) is 12.1 Å². The third-order valence-corrected chi connectivity index (χ3v) is 6.05. The molecule has 0 aliphatic carbocycles. The Morgan fingerprint density at radius 1 is 1.04 bits per heavy atom. The quantitative estimate of drug-likeness (QED) is 0.774. The van der Waals surface area contributed by atoms with Gasteiger partial charge >= 0.3 is 0 Å². The molecule has 148 valence electrons. The molecule has 3 aliphatic heterocycles. The van der Waals surface area contributed by atoms with Gasteiger partial charge in [-0.05, 0) is 60.6 Å². The molecule has 4 heterocycles. The fraction of sp³-hybridized carbons (Fsp3) is 0.478. The SMILES string of the molecule is COc1ccc(CN2C[C@H]3CC[C@@H](C2)N(C(=O)CCc2ccncc2)C3)cc1. The van der Waals surface area contributed by atoms with Crippen molar-refractivity contribution in [2.75, 3.05) is 26.7 Å². The minimum atomic E-state index is 0.304. The van der Waals surface area contributed by atoms with Crippen molar-refractivity contribution in [1.82, 2.24) is 14.8 Å². The van der Waals surface area contributed by atoms with E-state index in [1.54, 1.807) is 19.5 Å². The number of carbonyl (C=O) groups is 1. The van der Waals surface area contributed by atoms with E-state index < -0.39 is 0 Å². The van der Waals surface area contributed by atoms with Gasteiger partial charge in [-0.3, -0.25) is 14.7 Å². The van der Waals surface area contributed by atoms with Gasteiger partial charge in [-0.2, -0.15) is 0 Å². The van der Waals surface area contributed by atoms with E-state index in [-0.39, 0.29) is 0 Å². The molecule has 5 rings (SSSR count). The lowest BCUT2D eigenvalue weighted by molar-refractivity contribution is -0.135. The second-order valence-corrected chi connectivity index (χ2v) is 8.04. The molecular weight excluding hydrogens is 350 g/mol. The lowest BCUT2D eigenvalue weighted by atomic mass is 9.94. The lowest BCUT2D eigenvalue weighted by Gasteiger charge is -2.36. The van der Waals surface area contributed by atoms with Crippen molar-refractivity contribution in [2.45, 2.75) is 38.3 Å². The Morgan fingerprint density at radius 2 is 1.82 bits per heavy atom. The molecule has 1 aromatic heterocycles. The molecule has 2 atom stereocenters. The number of methoxy groups -OCH3 is 1. The first kappa shape index (κ1) is 18.9. The Morgan fingerprint density at radius 3 is 2.57 bits per heavy atom. The number of carbonyl (C=O) groups excluding carboxylic acids is 1. The van der Waals surface area contributed by atoms with Crippen molar-refractivity contribution in [2.24, 2.45) is 5.92 Å². The number of fused-ring (bicyclic) bond motifs is 4. The Labute approximate surface area is 167 Å². The van der Waals surface area contributed by atoms with Crippen LogP contribution in [0, 0.1) is 5.92 Å². The molecule has 5 heteroatoms. The van der Waals surface area contributed by atoms with Crippen LogP contribution in [0.2, 0.25) is 0 Å². The van der Waals surface area contributed by atoms with Crippen molar-refractivity contribution in [3.63, 3.8) is 0 Å². The van der Waals surface area contributed by atoms with Crippen LogP contribution in [0.15, 0.2) is 48.8 Å². The first-order valence-electron chi connectivity index (χ1n) is 10.2. The molecule has 0 N–H and O–H groups in total. The summed E-state index contributed by atoms with van der Waals surface area (Å²) in [5.74, 6) is 1.78. The highest BCUT2D eigenvalue weighted by Gasteiger charge is 2.36. The molecule has 3 saturated heterocycles. The fourth-order valence-electron chi connectivity index (χ4n) is 4.55. The highest BCUT2D eigenvalue weighted by atomic mass is 16.5. The maximum absolute atomic E-state index is 12.9. The summed E-state index contributed by atoms with van der Waals surface area (Å²) >= 11 is 0. The van der Waals surface area contributed by atoms with Gasteiger partial charge in [-0.15, -0.1) is 0 Å². The zero-order valence-corrected chi connectivity index (χ0v) is 16.6. The zero-order chi connectivity index (χ0) is 19.3. The topological polar surface area (TPSA) is 45.7 Å². The van der Waals surface area contributed by atoms with E-state index >= 15 is 0 Å². The van der Waals surface area contributed by atoms with E-state index in [2.05, 4.69) is 26.9 Å². The van der Waals surface area contributed by atoms with Crippen molar-refractivity contribution in [3.05, 3.63) is 59.9 Å². The van der Waals surface area contributed by atoms with E-state index in [0.29, 0.717) is 24.3 Å². The number of pyridine rings is 1. The summed E-state index contributed by atoms with van der Waals surface area (Å²) in [6.45, 7) is 3.91. The number of hydrogen-bond donors (Lipinski definition) is 0.